The molecule has 0 saturated carbocycles. The van der Waals surface area contributed by atoms with E-state index in [0.717, 1.165) is 24.3 Å². The molecule has 0 unspecified atom stereocenters. The number of hydrogen-bond acceptors (Lipinski definition) is 2. The van der Waals surface area contributed by atoms with Gasteiger partial charge in [0.05, 0.1) is 13.2 Å². The van der Waals surface area contributed by atoms with Gasteiger partial charge in [0.15, 0.2) is 0 Å². The van der Waals surface area contributed by atoms with E-state index in [4.69, 9.17) is 0 Å². The summed E-state index contributed by atoms with van der Waals surface area (Å²) < 4.78 is 578. The van der Waals surface area contributed by atoms with E-state index in [0.29, 0.717) is 24.3 Å². The van der Waals surface area contributed by atoms with Crippen LogP contribution >= 0.6 is 0 Å². The molecule has 2 rings (SSSR count). The van der Waals surface area contributed by atoms with Gasteiger partial charge < -0.3 is 9.47 Å². The highest BCUT2D eigenvalue weighted by molar-refractivity contribution is 5.64. The van der Waals surface area contributed by atoms with E-state index in [1.807, 2.05) is 0 Å². The molecule has 466 valence electrons. The average Bonchev–Trinajstić information content (AvgIpc) is 3.27. The van der Waals surface area contributed by atoms with Crippen LogP contribution in [0.15, 0.2) is 48.5 Å². The molecule has 0 spiro atoms. The lowest BCUT2D eigenvalue weighted by Gasteiger charge is -2.44. The number of ether oxygens (including phenoxy) is 2. The highest BCUT2D eigenvalue weighted by atomic mass is 19.5. The zero-order valence-corrected chi connectivity index (χ0v) is 36.1. The van der Waals surface area contributed by atoms with Crippen LogP contribution in [0.25, 0.3) is 11.1 Å². The van der Waals surface area contributed by atoms with Gasteiger partial charge in [-0.15, -0.1) is 0 Å². The van der Waals surface area contributed by atoms with Crippen LogP contribution in [0.1, 0.15) is 11.1 Å². The monoisotopic (exact) mass is 1280 g/mol. The molecular formula is C36H16F42O2. The summed E-state index contributed by atoms with van der Waals surface area (Å²) in [4.78, 5) is 0. The molecule has 2 nitrogen and oxygen atoms in total. The molecular weight excluding hydrogens is 1260 g/mol. The molecule has 0 saturated heterocycles. The maximum Gasteiger partial charge on any atom is 0.460 e. The second kappa shape index (κ2) is 20.1. The molecule has 0 aliphatic rings. The van der Waals surface area contributed by atoms with Crippen molar-refractivity contribution in [2.75, 3.05) is 13.2 Å². The van der Waals surface area contributed by atoms with Crippen molar-refractivity contribution >= 4 is 0 Å². The van der Waals surface area contributed by atoms with E-state index in [1.54, 1.807) is 0 Å². The molecule has 0 fully saturated rings. The lowest BCUT2D eigenvalue weighted by Crippen LogP contribution is -2.77. The molecule has 2 aromatic rings. The molecule has 0 heterocycles. The molecule has 0 aliphatic carbocycles. The Bertz CT molecular complexity index is 2270. The van der Waals surface area contributed by atoms with E-state index < -0.39 is 157 Å². The Kier molecular flexibility index (Phi) is 17.9. The van der Waals surface area contributed by atoms with Gasteiger partial charge in [0.1, 0.15) is 13.2 Å². The lowest BCUT2D eigenvalue weighted by atomic mass is 9.86. The Labute approximate surface area is 410 Å². The quantitative estimate of drug-likeness (QED) is 0.0923. The first-order valence-corrected chi connectivity index (χ1v) is 18.9. The van der Waals surface area contributed by atoms with Crippen LogP contribution in [0.2, 0.25) is 0 Å². The van der Waals surface area contributed by atoms with Crippen LogP contribution < -0.4 is 0 Å². The minimum Gasteiger partial charge on any atom is -0.370 e. The zero-order chi connectivity index (χ0) is 64.2. The van der Waals surface area contributed by atoms with Crippen molar-refractivity contribution in [3.63, 3.8) is 0 Å². The van der Waals surface area contributed by atoms with Crippen molar-refractivity contribution < 1.29 is 194 Å². The molecule has 2 aromatic carbocycles. The van der Waals surface area contributed by atoms with Crippen LogP contribution in [-0.2, 0) is 22.7 Å². The largest absolute Gasteiger partial charge is 0.460 e. The Morgan fingerprint density at radius 3 is 0.512 bits per heavy atom. The number of alkyl halides is 42. The lowest BCUT2D eigenvalue weighted by molar-refractivity contribution is -0.474. The Morgan fingerprint density at radius 2 is 0.350 bits per heavy atom. The third kappa shape index (κ3) is 10.1. The predicted molar refractivity (Wildman–Crippen MR) is 172 cm³/mol. The van der Waals surface area contributed by atoms with Crippen molar-refractivity contribution in [3.05, 3.63) is 59.7 Å². The average molecular weight is 1280 g/mol. The summed E-state index contributed by atoms with van der Waals surface area (Å²) in [6.45, 7) is -10.2. The van der Waals surface area contributed by atoms with Crippen molar-refractivity contribution in [3.8, 4) is 11.1 Å². The van der Waals surface area contributed by atoms with Gasteiger partial charge in [-0.3, -0.25) is 0 Å². The molecule has 44 heteroatoms. The summed E-state index contributed by atoms with van der Waals surface area (Å²) in [7, 11) is 0. The van der Waals surface area contributed by atoms with E-state index in [2.05, 4.69) is 9.47 Å². The third-order valence-electron chi connectivity index (χ3n) is 10.5. The van der Waals surface area contributed by atoms with Crippen molar-refractivity contribution in [2.45, 2.75) is 132 Å². The summed E-state index contributed by atoms with van der Waals surface area (Å²) in [6.07, 6.45) is -16.4. The van der Waals surface area contributed by atoms with Crippen molar-refractivity contribution in [1.82, 2.24) is 0 Å². The molecule has 0 aliphatic heterocycles. The predicted octanol–water partition coefficient (Wildman–Crippen LogP) is 16.9. The minimum atomic E-state index is -9.41. The summed E-state index contributed by atoms with van der Waals surface area (Å²) in [5.74, 6) is -159. The van der Waals surface area contributed by atoms with Gasteiger partial charge in [-0.25, -0.2) is 0 Å². The first-order valence-electron chi connectivity index (χ1n) is 18.9. The molecule has 0 amide bonds. The van der Waals surface area contributed by atoms with Gasteiger partial charge in [0.2, 0.25) is 0 Å². The number of benzene rings is 2. The van der Waals surface area contributed by atoms with Gasteiger partial charge in [0, 0.05) is 0 Å². The topological polar surface area (TPSA) is 18.5 Å². The number of hydrogen-bond donors (Lipinski definition) is 0. The molecule has 80 heavy (non-hydrogen) atoms. The maximum absolute atomic E-state index is 14.2. The smallest absolute Gasteiger partial charge is 0.370 e. The number of halogens is 42. The normalized spacial score (nSPS) is 16.2. The van der Waals surface area contributed by atoms with Gasteiger partial charge in [-0.1, -0.05) is 48.5 Å². The Balaban J connectivity index is 2.26. The Hall–Kier alpha value is -4.58. The van der Waals surface area contributed by atoms with Gasteiger partial charge in [-0.05, 0) is 22.3 Å². The fraction of sp³-hybridized carbons (Fsp3) is 0.667. The van der Waals surface area contributed by atoms with Gasteiger partial charge >= 0.3 is 119 Å². The van der Waals surface area contributed by atoms with Crippen LogP contribution in [0.3, 0.4) is 0 Å². The van der Waals surface area contributed by atoms with Crippen LogP contribution in [-0.4, -0.2) is 132 Å². The van der Waals surface area contributed by atoms with Gasteiger partial charge in [-0.2, -0.15) is 184 Å². The maximum atomic E-state index is 14.2. The fourth-order valence-corrected chi connectivity index (χ4v) is 5.54. The first kappa shape index (κ1) is 71.5. The zero-order valence-electron chi connectivity index (χ0n) is 36.1. The van der Waals surface area contributed by atoms with Crippen LogP contribution in [0.5, 0.6) is 0 Å². The van der Waals surface area contributed by atoms with E-state index in [9.17, 15) is 184 Å². The molecule has 0 bridgehead atoms. The Morgan fingerprint density at radius 1 is 0.200 bits per heavy atom. The molecule has 0 aromatic heterocycles. The summed E-state index contributed by atoms with van der Waals surface area (Å²) in [5, 5.41) is 0. The SMILES string of the molecule is FC(F)(F)C(F)(F)C(F)(F)C(F)(F)C(F)(F)C(F)(F)C(F)(F)C(F)(F)C(F)(F)C(F)(F)COCc1ccc(-c2ccc(COCC(F)(F)C(F)(F)C(F)(F)C(F)(F)C(F)(F)C(F)(F)C(F)(F)C(F)(F)C(F)(F)C(F)(F)F)cc2)cc1. The van der Waals surface area contributed by atoms with E-state index >= 15 is 0 Å². The van der Waals surface area contributed by atoms with E-state index in [1.165, 1.54) is 0 Å². The summed E-state index contributed by atoms with van der Waals surface area (Å²) >= 11 is 0. The standard InChI is InChI=1S/C36H16F42O2/c37-17(38,19(41,42)21(45,46)23(49,50)25(53,54)27(57,58)29(61,62)31(65,66)33(69,70)35(73,74)75)11-79-9-13-1-5-15(6-2-13)16-7-3-14(4-8-16)10-80-12-18(39,40)20(43,44)22(47,48)24(51,52)26(55,56)28(59,60)30(63,64)32(67,68)34(71,72)36(76,77)78/h1-8H,9-12H2. The third-order valence-corrected chi connectivity index (χ3v) is 10.5. The summed E-state index contributed by atoms with van der Waals surface area (Å²) in [6, 6.07) is 5.44. The number of rotatable bonds is 25. The van der Waals surface area contributed by atoms with Crippen LogP contribution in [0.4, 0.5) is 184 Å². The van der Waals surface area contributed by atoms with Gasteiger partial charge in [0.25, 0.3) is 0 Å². The summed E-state index contributed by atoms with van der Waals surface area (Å²) in [5.41, 5.74) is -1.78. The first-order chi connectivity index (χ1) is 34.6. The van der Waals surface area contributed by atoms with Crippen molar-refractivity contribution in [2.24, 2.45) is 0 Å². The highest BCUT2D eigenvalue weighted by Gasteiger charge is 3.00. The van der Waals surface area contributed by atoms with Crippen LogP contribution in [0, 0.1) is 0 Å². The minimum absolute atomic E-state index is 0.226. The highest BCUT2D eigenvalue weighted by Crippen LogP contribution is 2.68. The molecule has 0 N–H and O–H groups in total. The second-order valence-corrected chi connectivity index (χ2v) is 16.0. The fourth-order valence-electron chi connectivity index (χ4n) is 5.54. The second-order valence-electron chi connectivity index (χ2n) is 16.0. The molecule has 0 radical (unpaired) electrons. The van der Waals surface area contributed by atoms with E-state index in [-0.39, 0.29) is 11.1 Å². The molecule has 0 atom stereocenters. The van der Waals surface area contributed by atoms with Crippen molar-refractivity contribution in [1.29, 1.82) is 0 Å².